The normalized spacial score (nSPS) is 13.3. The molecule has 1 heterocycles. The lowest BCUT2D eigenvalue weighted by molar-refractivity contribution is -0.111. The fourth-order valence-electron chi connectivity index (χ4n) is 4.69. The van der Waals surface area contributed by atoms with E-state index in [4.69, 9.17) is 0 Å². The fourth-order valence-corrected chi connectivity index (χ4v) is 5.48. The average molecular weight is 455 g/mol. The summed E-state index contributed by atoms with van der Waals surface area (Å²) in [6, 6.07) is 26.6. The monoisotopic (exact) mass is 454 g/mol. The van der Waals surface area contributed by atoms with Crippen LogP contribution < -0.4 is 5.32 Å². The van der Waals surface area contributed by atoms with Gasteiger partial charge in [0.15, 0.2) is 0 Å². The number of fused-ring (bicyclic) bond motifs is 3. The first kappa shape index (κ1) is 21.5. The van der Waals surface area contributed by atoms with Crippen molar-refractivity contribution in [3.63, 3.8) is 0 Å². The number of unbranched alkanes of at least 4 members (excludes halogenated alkanes) is 2. The van der Waals surface area contributed by atoms with Gasteiger partial charge in [0, 0.05) is 11.4 Å². The Bertz CT molecular complexity index is 1190. The molecule has 0 amide bonds. The van der Waals surface area contributed by atoms with E-state index in [0.29, 0.717) is 5.95 Å². The molecule has 0 unspecified atom stereocenters. The van der Waals surface area contributed by atoms with Crippen molar-refractivity contribution in [1.29, 1.82) is 0 Å². The van der Waals surface area contributed by atoms with E-state index in [1.54, 1.807) is 11.8 Å². The van der Waals surface area contributed by atoms with E-state index in [2.05, 4.69) is 56.9 Å². The van der Waals surface area contributed by atoms with Gasteiger partial charge in [0.1, 0.15) is 6.29 Å². The topological polar surface area (TPSA) is 70.7 Å². The number of thioether (sulfide) groups is 1. The first-order chi connectivity index (χ1) is 16.3. The molecule has 2 N–H and O–H groups in total. The van der Waals surface area contributed by atoms with Gasteiger partial charge >= 0.3 is 0 Å². The molecule has 0 spiro atoms. The maximum absolute atomic E-state index is 12.5. The summed E-state index contributed by atoms with van der Waals surface area (Å²) in [7, 11) is 0. The SMILES string of the molecule is O=CC1(CCCCCSc2n[nH]c(Nc3ccccc3)n2)c2ccccc2-c2ccccc21. The zero-order chi connectivity index (χ0) is 22.5. The van der Waals surface area contributed by atoms with Crippen molar-refractivity contribution in [3.05, 3.63) is 90.0 Å². The van der Waals surface area contributed by atoms with Gasteiger partial charge in [-0.05, 0) is 47.2 Å². The molecule has 5 nitrogen and oxygen atoms in total. The largest absolute Gasteiger partial charge is 0.325 e. The van der Waals surface area contributed by atoms with Crippen LogP contribution in [0.1, 0.15) is 36.8 Å². The molecule has 3 aromatic carbocycles. The van der Waals surface area contributed by atoms with Gasteiger partial charge in [0.25, 0.3) is 0 Å². The predicted molar refractivity (Wildman–Crippen MR) is 134 cm³/mol. The van der Waals surface area contributed by atoms with Gasteiger partial charge in [-0.15, -0.1) is 5.10 Å². The highest BCUT2D eigenvalue weighted by atomic mass is 32.2. The van der Waals surface area contributed by atoms with Crippen molar-refractivity contribution < 1.29 is 4.79 Å². The third-order valence-corrected chi connectivity index (χ3v) is 7.19. The molecule has 5 rings (SSSR count). The third kappa shape index (κ3) is 4.31. The van der Waals surface area contributed by atoms with Crippen LogP contribution in [-0.4, -0.2) is 27.2 Å². The number of aldehydes is 1. The zero-order valence-electron chi connectivity index (χ0n) is 18.3. The van der Waals surface area contributed by atoms with Crippen molar-refractivity contribution in [1.82, 2.24) is 15.2 Å². The number of aromatic nitrogens is 3. The van der Waals surface area contributed by atoms with Crippen LogP contribution in [0.25, 0.3) is 11.1 Å². The number of anilines is 2. The van der Waals surface area contributed by atoms with Gasteiger partial charge < -0.3 is 10.1 Å². The second-order valence-corrected chi connectivity index (χ2v) is 9.36. The van der Waals surface area contributed by atoms with Crippen LogP contribution in [0, 0.1) is 0 Å². The zero-order valence-corrected chi connectivity index (χ0v) is 19.1. The summed E-state index contributed by atoms with van der Waals surface area (Å²) in [5.41, 5.74) is 5.14. The number of carbonyl (C=O) groups is 1. The van der Waals surface area contributed by atoms with Crippen molar-refractivity contribution in [2.45, 2.75) is 36.3 Å². The number of H-pyrrole nitrogens is 1. The Morgan fingerprint density at radius 1 is 0.848 bits per heavy atom. The van der Waals surface area contributed by atoms with Crippen molar-refractivity contribution in [2.75, 3.05) is 11.1 Å². The first-order valence-corrected chi connectivity index (χ1v) is 12.3. The lowest BCUT2D eigenvalue weighted by atomic mass is 9.75. The number of nitrogens with one attached hydrogen (secondary N) is 2. The molecule has 0 bridgehead atoms. The van der Waals surface area contributed by atoms with E-state index >= 15 is 0 Å². The summed E-state index contributed by atoms with van der Waals surface area (Å²) in [6.45, 7) is 0. The molecule has 4 aromatic rings. The first-order valence-electron chi connectivity index (χ1n) is 11.3. The van der Waals surface area contributed by atoms with Crippen molar-refractivity contribution >= 4 is 29.7 Å². The van der Waals surface area contributed by atoms with Crippen LogP contribution in [0.2, 0.25) is 0 Å². The summed E-state index contributed by atoms with van der Waals surface area (Å²) in [6.07, 6.45) is 5.12. The van der Waals surface area contributed by atoms with Gasteiger partial charge in [0.05, 0.1) is 5.41 Å². The molecule has 0 saturated carbocycles. The highest BCUT2D eigenvalue weighted by molar-refractivity contribution is 7.99. The van der Waals surface area contributed by atoms with E-state index < -0.39 is 5.41 Å². The molecule has 33 heavy (non-hydrogen) atoms. The van der Waals surface area contributed by atoms with Crippen LogP contribution in [0.3, 0.4) is 0 Å². The molecule has 0 saturated heterocycles. The molecule has 1 aliphatic carbocycles. The van der Waals surface area contributed by atoms with E-state index in [1.165, 1.54) is 17.4 Å². The second kappa shape index (κ2) is 9.63. The molecular formula is C27H26N4OS. The van der Waals surface area contributed by atoms with Crippen LogP contribution in [0.4, 0.5) is 11.6 Å². The van der Waals surface area contributed by atoms with Crippen LogP contribution in [-0.2, 0) is 10.2 Å². The predicted octanol–water partition coefficient (Wildman–Crippen LogP) is 6.37. The minimum atomic E-state index is -0.526. The van der Waals surface area contributed by atoms with Crippen molar-refractivity contribution in [2.24, 2.45) is 0 Å². The summed E-state index contributed by atoms with van der Waals surface area (Å²) in [5.74, 6) is 1.60. The number of hydrogen-bond acceptors (Lipinski definition) is 5. The Kier molecular flexibility index (Phi) is 6.26. The smallest absolute Gasteiger partial charge is 0.223 e. The van der Waals surface area contributed by atoms with Crippen LogP contribution >= 0.6 is 11.8 Å². The maximum atomic E-state index is 12.5. The number of benzene rings is 3. The number of hydrogen-bond donors (Lipinski definition) is 2. The Hall–Kier alpha value is -3.38. The molecule has 1 aromatic heterocycles. The fraction of sp³-hybridized carbons (Fsp3) is 0.222. The van der Waals surface area contributed by atoms with E-state index in [1.807, 2.05) is 42.5 Å². The molecule has 1 aliphatic rings. The summed E-state index contributed by atoms with van der Waals surface area (Å²) in [5, 5.41) is 11.2. The molecule has 6 heteroatoms. The van der Waals surface area contributed by atoms with Gasteiger partial charge in [-0.25, -0.2) is 5.10 Å². The Morgan fingerprint density at radius 3 is 2.21 bits per heavy atom. The Labute approximate surface area is 198 Å². The maximum Gasteiger partial charge on any atom is 0.223 e. The van der Waals surface area contributed by atoms with Gasteiger partial charge in [-0.1, -0.05) is 91.3 Å². The number of aromatic amines is 1. The average Bonchev–Trinajstić information content (AvgIpc) is 3.43. The Balaban J connectivity index is 1.14. The highest BCUT2D eigenvalue weighted by Gasteiger charge is 2.42. The van der Waals surface area contributed by atoms with Crippen LogP contribution in [0.5, 0.6) is 0 Å². The molecule has 0 atom stereocenters. The number of nitrogens with zero attached hydrogens (tertiary/aromatic N) is 2. The summed E-state index contributed by atoms with van der Waals surface area (Å²) >= 11 is 1.65. The van der Waals surface area contributed by atoms with Crippen molar-refractivity contribution in [3.8, 4) is 11.1 Å². The Morgan fingerprint density at radius 2 is 1.52 bits per heavy atom. The van der Waals surface area contributed by atoms with Gasteiger partial charge in [0.2, 0.25) is 11.1 Å². The lowest BCUT2D eigenvalue weighted by Crippen LogP contribution is -2.27. The standard InChI is InChI=1S/C27H26N4OS/c32-19-27(23-15-7-5-13-21(23)22-14-6-8-16-24(22)27)17-9-2-10-18-33-26-29-25(30-31-26)28-20-11-3-1-4-12-20/h1,3-8,11-16,19H,2,9-10,17-18H2,(H2,28,29,30,31). The van der Waals surface area contributed by atoms with E-state index in [9.17, 15) is 4.79 Å². The van der Waals surface area contributed by atoms with E-state index in [0.717, 1.165) is 53.4 Å². The van der Waals surface area contributed by atoms with Gasteiger partial charge in [-0.2, -0.15) is 4.98 Å². The van der Waals surface area contributed by atoms with E-state index in [-0.39, 0.29) is 0 Å². The summed E-state index contributed by atoms with van der Waals surface area (Å²) in [4.78, 5) is 17.0. The third-order valence-electron chi connectivity index (χ3n) is 6.25. The minimum absolute atomic E-state index is 0.526. The van der Waals surface area contributed by atoms with Crippen LogP contribution in [0.15, 0.2) is 84.0 Å². The minimum Gasteiger partial charge on any atom is -0.325 e. The lowest BCUT2D eigenvalue weighted by Gasteiger charge is -2.25. The second-order valence-electron chi connectivity index (χ2n) is 8.30. The highest BCUT2D eigenvalue weighted by Crippen LogP contribution is 2.50. The van der Waals surface area contributed by atoms with Gasteiger partial charge in [-0.3, -0.25) is 0 Å². The number of carbonyl (C=O) groups excluding carboxylic acids is 1. The number of rotatable bonds is 10. The number of para-hydroxylation sites is 1. The molecule has 0 fully saturated rings. The molecule has 0 radical (unpaired) electrons. The quantitative estimate of drug-likeness (QED) is 0.166. The summed E-state index contributed by atoms with van der Waals surface area (Å²) < 4.78 is 0. The molecule has 0 aliphatic heterocycles. The molecular weight excluding hydrogens is 428 g/mol. The molecule has 166 valence electrons.